The lowest BCUT2D eigenvalue weighted by atomic mass is 10.1. The summed E-state index contributed by atoms with van der Waals surface area (Å²) in [6, 6.07) is -0.445. The van der Waals surface area contributed by atoms with E-state index in [4.69, 9.17) is 0 Å². The lowest BCUT2D eigenvalue weighted by Gasteiger charge is -2.13. The summed E-state index contributed by atoms with van der Waals surface area (Å²) in [5.74, 6) is 0.267. The van der Waals surface area contributed by atoms with E-state index in [0.717, 1.165) is 6.42 Å². The Balaban J connectivity index is 3.67. The molecule has 0 aromatic carbocycles. The van der Waals surface area contributed by atoms with E-state index in [1.807, 2.05) is 0 Å². The molecule has 0 fully saturated rings. The molecule has 0 bridgehead atoms. The number of carbonyl (C=O) groups is 2. The summed E-state index contributed by atoms with van der Waals surface area (Å²) in [5, 5.41) is 5.30. The molecule has 0 unspecified atom stereocenters. The van der Waals surface area contributed by atoms with E-state index in [1.54, 1.807) is 6.92 Å². The van der Waals surface area contributed by atoms with Crippen molar-refractivity contribution in [2.24, 2.45) is 5.92 Å². The van der Waals surface area contributed by atoms with Crippen LogP contribution in [0.1, 0.15) is 34.1 Å². The molecule has 0 aliphatic carbocycles. The van der Waals surface area contributed by atoms with E-state index < -0.39 is 6.04 Å². The van der Waals surface area contributed by atoms with Gasteiger partial charge >= 0.3 is 0 Å². The first-order valence-corrected chi connectivity index (χ1v) is 4.98. The second-order valence-corrected chi connectivity index (χ2v) is 3.90. The Bertz CT molecular complexity index is 202. The molecule has 0 aromatic rings. The summed E-state index contributed by atoms with van der Waals surface area (Å²) >= 11 is 0. The predicted octanol–water partition coefficient (Wildman–Crippen LogP) is 0.673. The maximum absolute atomic E-state index is 11.3. The molecule has 0 radical (unpaired) electrons. The van der Waals surface area contributed by atoms with Crippen molar-refractivity contribution in [2.45, 2.75) is 40.2 Å². The van der Waals surface area contributed by atoms with Gasteiger partial charge in [0.2, 0.25) is 11.8 Å². The average Bonchev–Trinajstić information content (AvgIpc) is 2.01. The fourth-order valence-corrected chi connectivity index (χ4v) is 1.01. The van der Waals surface area contributed by atoms with Crippen molar-refractivity contribution in [3.8, 4) is 0 Å². The molecule has 0 aromatic heterocycles. The van der Waals surface area contributed by atoms with Gasteiger partial charge in [0.25, 0.3) is 0 Å². The standard InChI is InChI=1S/C10H20N2O2/c1-7(2)5-6-11-10(14)8(3)12-9(4)13/h7-8H,5-6H2,1-4H3,(H,11,14)(H,12,13)/t8-/m1/s1. The lowest BCUT2D eigenvalue weighted by molar-refractivity contribution is -0.127. The molecule has 0 spiro atoms. The average molecular weight is 200 g/mol. The highest BCUT2D eigenvalue weighted by molar-refractivity contribution is 5.86. The first kappa shape index (κ1) is 12.9. The van der Waals surface area contributed by atoms with Crippen molar-refractivity contribution in [1.29, 1.82) is 0 Å². The molecule has 0 saturated carbocycles. The van der Waals surface area contributed by atoms with Crippen LogP contribution in [0.5, 0.6) is 0 Å². The Morgan fingerprint density at radius 1 is 1.21 bits per heavy atom. The fraction of sp³-hybridized carbons (Fsp3) is 0.800. The van der Waals surface area contributed by atoms with Crippen molar-refractivity contribution < 1.29 is 9.59 Å². The molecule has 0 heterocycles. The first-order chi connectivity index (χ1) is 6.43. The topological polar surface area (TPSA) is 58.2 Å². The predicted molar refractivity (Wildman–Crippen MR) is 55.7 cm³/mol. The number of rotatable bonds is 5. The van der Waals surface area contributed by atoms with Crippen LogP contribution in [0, 0.1) is 5.92 Å². The van der Waals surface area contributed by atoms with Crippen LogP contribution >= 0.6 is 0 Å². The van der Waals surface area contributed by atoms with Crippen LogP contribution < -0.4 is 10.6 Å². The van der Waals surface area contributed by atoms with Gasteiger partial charge in [0.05, 0.1) is 0 Å². The van der Waals surface area contributed by atoms with Crippen molar-refractivity contribution in [2.75, 3.05) is 6.54 Å². The number of hydrogen-bond acceptors (Lipinski definition) is 2. The molecular formula is C10H20N2O2. The van der Waals surface area contributed by atoms with E-state index >= 15 is 0 Å². The maximum Gasteiger partial charge on any atom is 0.242 e. The third kappa shape index (κ3) is 6.46. The van der Waals surface area contributed by atoms with Crippen molar-refractivity contribution in [3.05, 3.63) is 0 Å². The van der Waals surface area contributed by atoms with Gasteiger partial charge in [-0.1, -0.05) is 13.8 Å². The van der Waals surface area contributed by atoms with Gasteiger partial charge in [-0.3, -0.25) is 9.59 Å². The van der Waals surface area contributed by atoms with Gasteiger partial charge < -0.3 is 10.6 Å². The highest BCUT2D eigenvalue weighted by atomic mass is 16.2. The number of hydrogen-bond donors (Lipinski definition) is 2. The van der Waals surface area contributed by atoms with E-state index in [2.05, 4.69) is 24.5 Å². The van der Waals surface area contributed by atoms with E-state index in [1.165, 1.54) is 6.92 Å². The summed E-state index contributed by atoms with van der Waals surface area (Å²) in [6.07, 6.45) is 0.957. The fourth-order valence-electron chi connectivity index (χ4n) is 1.01. The summed E-state index contributed by atoms with van der Waals surface area (Å²) in [7, 11) is 0. The molecule has 1 atom stereocenters. The molecule has 4 heteroatoms. The van der Waals surface area contributed by atoms with Crippen molar-refractivity contribution >= 4 is 11.8 Å². The van der Waals surface area contributed by atoms with E-state index in [9.17, 15) is 9.59 Å². The second-order valence-electron chi connectivity index (χ2n) is 3.90. The Hall–Kier alpha value is -1.06. The van der Waals surface area contributed by atoms with Crippen LogP contribution in [0.3, 0.4) is 0 Å². The molecule has 0 aliphatic rings. The highest BCUT2D eigenvalue weighted by Crippen LogP contribution is 1.96. The molecule has 14 heavy (non-hydrogen) atoms. The molecule has 82 valence electrons. The number of amides is 2. The van der Waals surface area contributed by atoms with Gasteiger partial charge in [-0.2, -0.15) is 0 Å². The normalized spacial score (nSPS) is 12.4. The Morgan fingerprint density at radius 3 is 2.21 bits per heavy atom. The molecule has 0 aliphatic heterocycles. The van der Waals surface area contributed by atoms with Gasteiger partial charge in [-0.15, -0.1) is 0 Å². The zero-order valence-corrected chi connectivity index (χ0v) is 9.39. The number of carbonyl (C=O) groups excluding carboxylic acids is 2. The Morgan fingerprint density at radius 2 is 1.79 bits per heavy atom. The summed E-state index contributed by atoms with van der Waals surface area (Å²) in [5.41, 5.74) is 0. The molecule has 2 amide bonds. The zero-order chi connectivity index (χ0) is 11.1. The summed E-state index contributed by atoms with van der Waals surface area (Å²) in [4.78, 5) is 22.0. The van der Waals surface area contributed by atoms with Gasteiger partial charge in [-0.25, -0.2) is 0 Å². The van der Waals surface area contributed by atoms with E-state index in [-0.39, 0.29) is 11.8 Å². The Labute approximate surface area is 85.4 Å². The first-order valence-electron chi connectivity index (χ1n) is 4.98. The minimum Gasteiger partial charge on any atom is -0.354 e. The lowest BCUT2D eigenvalue weighted by Crippen LogP contribution is -2.44. The van der Waals surface area contributed by atoms with Gasteiger partial charge in [0, 0.05) is 13.5 Å². The zero-order valence-electron chi connectivity index (χ0n) is 9.39. The van der Waals surface area contributed by atoms with Crippen LogP contribution in [0.2, 0.25) is 0 Å². The number of nitrogens with one attached hydrogen (secondary N) is 2. The van der Waals surface area contributed by atoms with Gasteiger partial charge in [0.1, 0.15) is 6.04 Å². The third-order valence-corrected chi connectivity index (χ3v) is 1.83. The molecule has 2 N–H and O–H groups in total. The quantitative estimate of drug-likeness (QED) is 0.685. The minimum absolute atomic E-state index is 0.124. The molecule has 4 nitrogen and oxygen atoms in total. The molecular weight excluding hydrogens is 180 g/mol. The molecule has 0 saturated heterocycles. The minimum atomic E-state index is -0.445. The highest BCUT2D eigenvalue weighted by Gasteiger charge is 2.12. The van der Waals surface area contributed by atoms with Crippen LogP contribution in [-0.4, -0.2) is 24.4 Å². The maximum atomic E-state index is 11.3. The second kappa shape index (κ2) is 6.40. The molecule has 0 rings (SSSR count). The smallest absolute Gasteiger partial charge is 0.242 e. The van der Waals surface area contributed by atoms with Crippen LogP contribution in [0.25, 0.3) is 0 Å². The van der Waals surface area contributed by atoms with Crippen LogP contribution in [0.15, 0.2) is 0 Å². The summed E-state index contributed by atoms with van der Waals surface area (Å²) < 4.78 is 0. The third-order valence-electron chi connectivity index (χ3n) is 1.83. The van der Waals surface area contributed by atoms with Crippen LogP contribution in [0.4, 0.5) is 0 Å². The largest absolute Gasteiger partial charge is 0.354 e. The SMILES string of the molecule is CC(=O)N[C@H](C)C(=O)NCCC(C)C. The Kier molecular flexibility index (Phi) is 5.92. The van der Waals surface area contributed by atoms with Gasteiger partial charge in [0.15, 0.2) is 0 Å². The monoisotopic (exact) mass is 200 g/mol. The van der Waals surface area contributed by atoms with Crippen molar-refractivity contribution in [3.63, 3.8) is 0 Å². The van der Waals surface area contributed by atoms with Gasteiger partial charge in [-0.05, 0) is 19.3 Å². The van der Waals surface area contributed by atoms with Crippen LogP contribution in [-0.2, 0) is 9.59 Å². The summed E-state index contributed by atoms with van der Waals surface area (Å²) in [6.45, 7) is 7.94. The van der Waals surface area contributed by atoms with E-state index in [0.29, 0.717) is 12.5 Å². The van der Waals surface area contributed by atoms with Crippen molar-refractivity contribution in [1.82, 2.24) is 10.6 Å².